The van der Waals surface area contributed by atoms with E-state index in [9.17, 15) is 9.59 Å². The van der Waals surface area contributed by atoms with E-state index in [0.29, 0.717) is 19.4 Å². The van der Waals surface area contributed by atoms with Crippen molar-refractivity contribution in [1.29, 1.82) is 0 Å². The highest BCUT2D eigenvalue weighted by Gasteiger charge is 2.35. The molecule has 1 aromatic heterocycles. The fourth-order valence-corrected chi connectivity index (χ4v) is 3.98. The highest BCUT2D eigenvalue weighted by molar-refractivity contribution is 5.80. The molecule has 1 fully saturated rings. The van der Waals surface area contributed by atoms with E-state index in [1.165, 1.54) is 0 Å². The maximum Gasteiger partial charge on any atom is 0.222 e. The van der Waals surface area contributed by atoms with Crippen molar-refractivity contribution in [1.82, 2.24) is 20.2 Å². The Labute approximate surface area is 162 Å². The number of aromatic nitrogens is 2. The van der Waals surface area contributed by atoms with Crippen molar-refractivity contribution < 1.29 is 9.59 Å². The number of rotatable bonds is 4. The van der Waals surface area contributed by atoms with Crippen LogP contribution in [0.1, 0.15) is 83.4 Å². The summed E-state index contributed by atoms with van der Waals surface area (Å²) < 4.78 is 0. The van der Waals surface area contributed by atoms with Crippen LogP contribution in [0.3, 0.4) is 0 Å². The molecule has 148 valence electrons. The van der Waals surface area contributed by atoms with Crippen LogP contribution in [-0.4, -0.2) is 39.8 Å². The van der Waals surface area contributed by atoms with Crippen LogP contribution in [0.15, 0.2) is 6.20 Å². The molecule has 6 heteroatoms. The molecule has 1 aliphatic heterocycles. The molecule has 1 aliphatic carbocycles. The Hall–Kier alpha value is -1.98. The van der Waals surface area contributed by atoms with Crippen LogP contribution in [0.4, 0.5) is 0 Å². The maximum atomic E-state index is 12.5. The van der Waals surface area contributed by atoms with Crippen molar-refractivity contribution in [2.24, 2.45) is 5.41 Å². The summed E-state index contributed by atoms with van der Waals surface area (Å²) in [4.78, 5) is 35.5. The number of hydrogen-bond acceptors (Lipinski definition) is 4. The lowest BCUT2D eigenvalue weighted by molar-refractivity contribution is -0.128. The van der Waals surface area contributed by atoms with Gasteiger partial charge >= 0.3 is 0 Å². The molecule has 0 unspecified atom stereocenters. The van der Waals surface area contributed by atoms with Gasteiger partial charge in [0.25, 0.3) is 0 Å². The van der Waals surface area contributed by atoms with Gasteiger partial charge in [0.1, 0.15) is 5.82 Å². The molecule has 2 amide bonds. The average Bonchev–Trinajstić information content (AvgIpc) is 2.95. The van der Waals surface area contributed by atoms with Crippen LogP contribution in [-0.2, 0) is 21.4 Å². The van der Waals surface area contributed by atoms with Crippen LogP contribution in [0.25, 0.3) is 0 Å². The van der Waals surface area contributed by atoms with Crippen molar-refractivity contribution in [2.45, 2.75) is 78.2 Å². The fraction of sp³-hybridized carbons (Fsp3) is 0.714. The zero-order chi connectivity index (χ0) is 19.8. The lowest BCUT2D eigenvalue weighted by atomic mass is 9.74. The molecule has 2 aliphatic rings. The summed E-state index contributed by atoms with van der Waals surface area (Å²) in [5, 5.41) is 3.17. The summed E-state index contributed by atoms with van der Waals surface area (Å²) in [5.41, 5.74) is 2.05. The number of fused-ring (bicyclic) bond motifs is 1. The number of carbonyl (C=O) groups is 2. The Morgan fingerprint density at radius 2 is 2.11 bits per heavy atom. The summed E-state index contributed by atoms with van der Waals surface area (Å²) in [6, 6.07) is -0.0699. The molecule has 27 heavy (non-hydrogen) atoms. The predicted molar refractivity (Wildman–Crippen MR) is 104 cm³/mol. The summed E-state index contributed by atoms with van der Waals surface area (Å²) >= 11 is 0. The standard InChI is InChI=1S/C21H32N4O2/c1-20(2,3)19-22-13-14-15(11-21(4,5)12-16(14)24-19)23-17(26)8-10-25-9-6-7-18(25)27/h13,15H,6-12H2,1-5H3,(H,23,26)/t15-/m1/s1. The van der Waals surface area contributed by atoms with Gasteiger partial charge in [-0.3, -0.25) is 9.59 Å². The summed E-state index contributed by atoms with van der Waals surface area (Å²) in [5.74, 6) is 0.995. The van der Waals surface area contributed by atoms with Gasteiger partial charge in [-0.2, -0.15) is 0 Å². The monoisotopic (exact) mass is 372 g/mol. The molecular weight excluding hydrogens is 340 g/mol. The Morgan fingerprint density at radius 1 is 1.37 bits per heavy atom. The Kier molecular flexibility index (Phi) is 5.28. The first kappa shape index (κ1) is 19.8. The van der Waals surface area contributed by atoms with Crippen molar-refractivity contribution in [3.8, 4) is 0 Å². The third-order valence-corrected chi connectivity index (χ3v) is 5.46. The molecule has 2 heterocycles. The van der Waals surface area contributed by atoms with Crippen molar-refractivity contribution >= 4 is 11.8 Å². The molecule has 0 radical (unpaired) electrons. The zero-order valence-corrected chi connectivity index (χ0v) is 17.3. The first-order chi connectivity index (χ1) is 12.5. The van der Waals surface area contributed by atoms with Crippen LogP contribution < -0.4 is 5.32 Å². The molecule has 0 aromatic carbocycles. The van der Waals surface area contributed by atoms with Gasteiger partial charge in [0.2, 0.25) is 11.8 Å². The summed E-state index contributed by atoms with van der Waals surface area (Å²) in [6.45, 7) is 12.1. The van der Waals surface area contributed by atoms with Crippen molar-refractivity contribution in [2.75, 3.05) is 13.1 Å². The Morgan fingerprint density at radius 3 is 2.74 bits per heavy atom. The van der Waals surface area contributed by atoms with E-state index in [-0.39, 0.29) is 28.7 Å². The van der Waals surface area contributed by atoms with Gasteiger partial charge in [0.05, 0.1) is 6.04 Å². The maximum absolute atomic E-state index is 12.5. The molecule has 1 N–H and O–H groups in total. The number of likely N-dealkylation sites (tertiary alicyclic amines) is 1. The number of nitrogens with one attached hydrogen (secondary N) is 1. The summed E-state index contributed by atoms with van der Waals surface area (Å²) in [6.07, 6.45) is 5.51. The minimum atomic E-state index is -0.0996. The smallest absolute Gasteiger partial charge is 0.222 e. The van der Waals surface area contributed by atoms with E-state index in [1.54, 1.807) is 4.90 Å². The number of hydrogen-bond donors (Lipinski definition) is 1. The number of amides is 2. The van der Waals surface area contributed by atoms with E-state index in [4.69, 9.17) is 4.98 Å². The normalized spacial score (nSPS) is 21.9. The summed E-state index contributed by atoms with van der Waals surface area (Å²) in [7, 11) is 0. The second-order valence-electron chi connectivity index (χ2n) is 9.75. The van der Waals surface area contributed by atoms with Gasteiger partial charge in [0, 0.05) is 48.8 Å². The van der Waals surface area contributed by atoms with Crippen LogP contribution >= 0.6 is 0 Å². The lowest BCUT2D eigenvalue weighted by Gasteiger charge is -2.37. The molecular formula is C21H32N4O2. The van der Waals surface area contributed by atoms with E-state index in [1.807, 2.05) is 6.20 Å². The first-order valence-electron chi connectivity index (χ1n) is 9.99. The molecule has 0 saturated carbocycles. The third kappa shape index (κ3) is 4.66. The van der Waals surface area contributed by atoms with Gasteiger partial charge in [-0.1, -0.05) is 34.6 Å². The number of nitrogens with zero attached hydrogens (tertiary/aromatic N) is 3. The minimum absolute atomic E-state index is 0.0109. The highest BCUT2D eigenvalue weighted by Crippen LogP contribution is 2.40. The van der Waals surface area contributed by atoms with Gasteiger partial charge in [-0.15, -0.1) is 0 Å². The zero-order valence-electron chi connectivity index (χ0n) is 17.3. The van der Waals surface area contributed by atoms with Crippen LogP contribution in [0, 0.1) is 5.41 Å². The molecule has 3 rings (SSSR count). The Bertz CT molecular complexity index is 736. The SMILES string of the molecule is CC1(C)Cc2nc(C(C)(C)C)ncc2[C@H](NC(=O)CCN2CCCC2=O)C1. The molecule has 1 aromatic rings. The lowest BCUT2D eigenvalue weighted by Crippen LogP contribution is -2.39. The molecule has 0 bridgehead atoms. The van der Waals surface area contributed by atoms with Gasteiger partial charge < -0.3 is 10.2 Å². The van der Waals surface area contributed by atoms with Gasteiger partial charge in [-0.25, -0.2) is 9.97 Å². The topological polar surface area (TPSA) is 75.2 Å². The quantitative estimate of drug-likeness (QED) is 0.882. The van der Waals surface area contributed by atoms with Crippen molar-refractivity contribution in [3.05, 3.63) is 23.3 Å². The van der Waals surface area contributed by atoms with E-state index >= 15 is 0 Å². The Balaban J connectivity index is 1.72. The molecule has 1 saturated heterocycles. The third-order valence-electron chi connectivity index (χ3n) is 5.46. The second kappa shape index (κ2) is 7.21. The van der Waals surface area contributed by atoms with E-state index in [2.05, 4.69) is 44.9 Å². The van der Waals surface area contributed by atoms with E-state index < -0.39 is 0 Å². The molecule has 6 nitrogen and oxygen atoms in total. The highest BCUT2D eigenvalue weighted by atomic mass is 16.2. The van der Waals surface area contributed by atoms with Crippen LogP contribution in [0.5, 0.6) is 0 Å². The average molecular weight is 373 g/mol. The van der Waals surface area contributed by atoms with E-state index in [0.717, 1.165) is 42.9 Å². The first-order valence-corrected chi connectivity index (χ1v) is 9.99. The minimum Gasteiger partial charge on any atom is -0.349 e. The van der Waals surface area contributed by atoms with Crippen LogP contribution in [0.2, 0.25) is 0 Å². The second-order valence-corrected chi connectivity index (χ2v) is 9.75. The predicted octanol–water partition coefficient (Wildman–Crippen LogP) is 2.92. The molecule has 1 atom stereocenters. The largest absolute Gasteiger partial charge is 0.349 e. The molecule has 0 spiro atoms. The number of carbonyl (C=O) groups excluding carboxylic acids is 2. The van der Waals surface area contributed by atoms with Crippen molar-refractivity contribution in [3.63, 3.8) is 0 Å². The fourth-order valence-electron chi connectivity index (χ4n) is 3.98. The van der Waals surface area contributed by atoms with Gasteiger partial charge in [0.15, 0.2) is 0 Å². The van der Waals surface area contributed by atoms with Gasteiger partial charge in [-0.05, 0) is 24.7 Å².